The van der Waals surface area contributed by atoms with Gasteiger partial charge >= 0.3 is 0 Å². The third-order valence-corrected chi connectivity index (χ3v) is 7.63. The lowest BCUT2D eigenvalue weighted by molar-refractivity contribution is -0.131. The van der Waals surface area contributed by atoms with Crippen molar-refractivity contribution in [3.63, 3.8) is 0 Å². The fourth-order valence-corrected chi connectivity index (χ4v) is 5.51. The van der Waals surface area contributed by atoms with Gasteiger partial charge in [-0.3, -0.25) is 4.79 Å². The van der Waals surface area contributed by atoms with Gasteiger partial charge in [-0.2, -0.15) is 4.98 Å². The van der Waals surface area contributed by atoms with Crippen LogP contribution in [0.2, 0.25) is 0 Å². The van der Waals surface area contributed by atoms with Crippen LogP contribution in [0.1, 0.15) is 48.7 Å². The van der Waals surface area contributed by atoms with Gasteiger partial charge < -0.3 is 14.7 Å². The van der Waals surface area contributed by atoms with Crippen LogP contribution in [0.15, 0.2) is 17.5 Å². The van der Waals surface area contributed by atoms with Gasteiger partial charge in [-0.25, -0.2) is 4.98 Å². The molecular weight excluding hydrogens is 394 g/mol. The summed E-state index contributed by atoms with van der Waals surface area (Å²) >= 11 is 1.66. The molecule has 3 aliphatic heterocycles. The van der Waals surface area contributed by atoms with E-state index in [4.69, 9.17) is 9.97 Å². The number of anilines is 2. The summed E-state index contributed by atoms with van der Waals surface area (Å²) in [6.07, 6.45) is 6.18. The molecule has 0 saturated carbocycles. The predicted molar refractivity (Wildman–Crippen MR) is 121 cm³/mol. The van der Waals surface area contributed by atoms with E-state index in [1.165, 1.54) is 31.2 Å². The highest BCUT2D eigenvalue weighted by molar-refractivity contribution is 7.10. The Bertz CT molecular complexity index is 885. The Morgan fingerprint density at radius 2 is 1.90 bits per heavy atom. The maximum Gasteiger partial charge on any atom is 0.228 e. The highest BCUT2D eigenvalue weighted by atomic mass is 32.1. The van der Waals surface area contributed by atoms with Gasteiger partial charge in [0.05, 0.1) is 18.7 Å². The van der Waals surface area contributed by atoms with Crippen LogP contribution in [0.4, 0.5) is 11.8 Å². The summed E-state index contributed by atoms with van der Waals surface area (Å²) in [6.45, 7) is 7.94. The quantitative estimate of drug-likeness (QED) is 0.750. The molecular formula is C23H31N5OS. The second kappa shape index (κ2) is 8.53. The highest BCUT2D eigenvalue weighted by Gasteiger charge is 2.30. The average Bonchev–Trinajstić information content (AvgIpc) is 3.47. The number of nitrogens with zero attached hydrogens (tertiary/aromatic N) is 5. The fourth-order valence-electron chi connectivity index (χ4n) is 4.81. The number of fused-ring (bicyclic) bond motifs is 1. The smallest absolute Gasteiger partial charge is 0.228 e. The zero-order valence-electron chi connectivity index (χ0n) is 17.8. The molecule has 0 atom stereocenters. The van der Waals surface area contributed by atoms with E-state index < -0.39 is 0 Å². The van der Waals surface area contributed by atoms with E-state index in [9.17, 15) is 4.79 Å². The first-order valence-electron chi connectivity index (χ1n) is 11.4. The molecule has 0 aliphatic carbocycles. The monoisotopic (exact) mass is 425 g/mol. The average molecular weight is 426 g/mol. The van der Waals surface area contributed by atoms with Crippen LogP contribution >= 0.6 is 11.3 Å². The van der Waals surface area contributed by atoms with Gasteiger partial charge in [0.25, 0.3) is 0 Å². The molecule has 0 N–H and O–H groups in total. The van der Waals surface area contributed by atoms with E-state index in [1.807, 2.05) is 22.4 Å². The largest absolute Gasteiger partial charge is 0.356 e. The number of carbonyl (C=O) groups is 1. The Kier molecular flexibility index (Phi) is 5.63. The fraction of sp³-hybridized carbons (Fsp3) is 0.609. The zero-order valence-corrected chi connectivity index (χ0v) is 18.7. The highest BCUT2D eigenvalue weighted by Crippen LogP contribution is 2.32. The van der Waals surface area contributed by atoms with Crippen molar-refractivity contribution in [3.05, 3.63) is 33.6 Å². The predicted octanol–water partition coefficient (Wildman–Crippen LogP) is 3.50. The molecule has 3 aliphatic rings. The number of aromatic nitrogens is 2. The number of hydrogen-bond donors (Lipinski definition) is 0. The first-order chi connectivity index (χ1) is 14.7. The molecule has 0 spiro atoms. The Balaban J connectivity index is 1.43. The molecule has 160 valence electrons. The van der Waals surface area contributed by atoms with Crippen molar-refractivity contribution in [2.45, 2.75) is 52.0 Å². The summed E-state index contributed by atoms with van der Waals surface area (Å²) in [6, 6.07) is 4.06. The van der Waals surface area contributed by atoms with Crippen molar-refractivity contribution in [1.29, 1.82) is 0 Å². The van der Waals surface area contributed by atoms with E-state index in [1.54, 1.807) is 11.3 Å². The van der Waals surface area contributed by atoms with Crippen LogP contribution < -0.4 is 9.80 Å². The minimum Gasteiger partial charge on any atom is -0.356 e. The normalized spacial score (nSPS) is 20.0. The van der Waals surface area contributed by atoms with Crippen molar-refractivity contribution in [2.24, 2.45) is 5.92 Å². The van der Waals surface area contributed by atoms with Crippen LogP contribution in [0.25, 0.3) is 0 Å². The van der Waals surface area contributed by atoms with Crippen LogP contribution in [0.3, 0.4) is 0 Å². The lowest BCUT2D eigenvalue weighted by Crippen LogP contribution is -2.40. The molecule has 2 aromatic heterocycles. The van der Waals surface area contributed by atoms with Crippen LogP contribution in [-0.4, -0.2) is 53.5 Å². The molecule has 0 bridgehead atoms. The zero-order chi connectivity index (χ0) is 20.5. The van der Waals surface area contributed by atoms with E-state index in [0.29, 0.717) is 13.0 Å². The summed E-state index contributed by atoms with van der Waals surface area (Å²) in [5.74, 6) is 2.98. The van der Waals surface area contributed by atoms with E-state index >= 15 is 0 Å². The molecule has 0 aromatic carbocycles. The number of rotatable bonds is 4. The van der Waals surface area contributed by atoms with Crippen LogP contribution in [0.5, 0.6) is 0 Å². The molecule has 2 fully saturated rings. The molecule has 6 nitrogen and oxygen atoms in total. The van der Waals surface area contributed by atoms with Gasteiger partial charge in [0.15, 0.2) is 0 Å². The molecule has 5 rings (SSSR count). The van der Waals surface area contributed by atoms with Crippen LogP contribution in [-0.2, 0) is 24.2 Å². The van der Waals surface area contributed by atoms with Gasteiger partial charge in [0, 0.05) is 49.6 Å². The van der Waals surface area contributed by atoms with Crippen LogP contribution in [0, 0.1) is 5.92 Å². The first kappa shape index (κ1) is 19.8. The number of piperidine rings is 1. The van der Waals surface area contributed by atoms with Gasteiger partial charge in [0.1, 0.15) is 5.82 Å². The van der Waals surface area contributed by atoms with Crippen molar-refractivity contribution in [3.8, 4) is 0 Å². The van der Waals surface area contributed by atoms with E-state index in [2.05, 4.69) is 16.7 Å². The van der Waals surface area contributed by atoms with E-state index in [0.717, 1.165) is 67.4 Å². The molecule has 1 amide bonds. The van der Waals surface area contributed by atoms with Crippen molar-refractivity contribution in [1.82, 2.24) is 14.9 Å². The summed E-state index contributed by atoms with van der Waals surface area (Å²) in [5.41, 5.74) is 2.33. The molecule has 5 heterocycles. The lowest BCUT2D eigenvalue weighted by Gasteiger charge is -2.36. The summed E-state index contributed by atoms with van der Waals surface area (Å²) in [4.78, 5) is 31.0. The molecule has 7 heteroatoms. The van der Waals surface area contributed by atoms with Crippen molar-refractivity contribution in [2.75, 3.05) is 42.5 Å². The Hall–Kier alpha value is -2.15. The minimum absolute atomic E-state index is 0.213. The number of hydrogen-bond acceptors (Lipinski definition) is 6. The van der Waals surface area contributed by atoms with Gasteiger partial charge in [-0.1, -0.05) is 13.0 Å². The summed E-state index contributed by atoms with van der Waals surface area (Å²) in [5, 5.41) is 2.04. The summed E-state index contributed by atoms with van der Waals surface area (Å²) < 4.78 is 0. The van der Waals surface area contributed by atoms with Crippen molar-refractivity contribution < 1.29 is 4.79 Å². The van der Waals surface area contributed by atoms with Crippen molar-refractivity contribution >= 4 is 29.0 Å². The maximum atomic E-state index is 13.0. The Morgan fingerprint density at radius 3 is 2.63 bits per heavy atom. The first-order valence-corrected chi connectivity index (χ1v) is 12.2. The number of amides is 1. The minimum atomic E-state index is 0.213. The van der Waals surface area contributed by atoms with Gasteiger partial charge in [-0.05, 0) is 43.0 Å². The van der Waals surface area contributed by atoms with Gasteiger partial charge in [0.2, 0.25) is 11.9 Å². The lowest BCUT2D eigenvalue weighted by atomic mass is 9.98. The molecule has 0 radical (unpaired) electrons. The molecule has 0 unspecified atom stereocenters. The molecule has 2 saturated heterocycles. The summed E-state index contributed by atoms with van der Waals surface area (Å²) in [7, 11) is 0. The third-order valence-electron chi connectivity index (χ3n) is 6.76. The Labute approximate surface area is 182 Å². The third kappa shape index (κ3) is 4.04. The number of carbonyl (C=O) groups excluding carboxylic acids is 1. The maximum absolute atomic E-state index is 13.0. The Morgan fingerprint density at radius 1 is 1.10 bits per heavy atom. The standard InChI is InChI=1S/C23H31N5OS/c1-17-6-11-26(12-7-17)22-19-16-28(21(29)15-18-5-4-14-30-18)13-8-20(19)24-23(25-22)27-9-2-3-10-27/h4-5,14,17H,2-3,6-13,15-16H2,1H3. The second-order valence-corrected chi connectivity index (χ2v) is 9.99. The SMILES string of the molecule is CC1CCN(c2nc(N3CCCC3)nc3c2CN(C(=O)Cc2cccs2)CC3)CC1. The van der Waals surface area contributed by atoms with Gasteiger partial charge in [-0.15, -0.1) is 11.3 Å². The molecule has 30 heavy (non-hydrogen) atoms. The number of thiophene rings is 1. The van der Waals surface area contributed by atoms with E-state index in [-0.39, 0.29) is 5.91 Å². The second-order valence-electron chi connectivity index (χ2n) is 8.96. The topological polar surface area (TPSA) is 52.6 Å². The molecule has 2 aromatic rings.